The number of halogens is 1. The first-order valence-electron chi connectivity index (χ1n) is 4.98. The average molecular weight is 418 g/mol. The average Bonchev–Trinajstić information content (AvgIpc) is 2.13. The summed E-state index contributed by atoms with van der Waals surface area (Å²) in [5.41, 5.74) is 0. The van der Waals surface area contributed by atoms with E-state index in [0.29, 0.717) is 0 Å². The molecule has 0 aliphatic heterocycles. The molecule has 112 valence electrons. The maximum atomic E-state index is 11.2. The van der Waals surface area contributed by atoms with Crippen LogP contribution in [0.1, 0.15) is 35.1 Å². The van der Waals surface area contributed by atoms with Gasteiger partial charge in [-0.2, -0.15) is 0 Å². The van der Waals surface area contributed by atoms with Crippen molar-refractivity contribution in [3.05, 3.63) is 0 Å². The standard InChI is InChI=1S/C10H16O6.CH4.BrH.Mg.Zn/c1-5(2)15-9(13)7(11)8(12)10(14)16-6(3)4;;;;/h5-8H,1-4H3;1H4;1H;;/q-2;;;+2;/p-1/t7-,8-;;;;/m1..../s1. The van der Waals surface area contributed by atoms with Crippen molar-refractivity contribution in [3.8, 4) is 0 Å². The van der Waals surface area contributed by atoms with E-state index in [4.69, 9.17) is 0 Å². The van der Waals surface area contributed by atoms with E-state index in [1.54, 1.807) is 0 Å². The van der Waals surface area contributed by atoms with Gasteiger partial charge in [0.2, 0.25) is 0 Å². The van der Waals surface area contributed by atoms with Crippen LogP contribution in [0.15, 0.2) is 0 Å². The molecule has 0 fully saturated rings. The minimum absolute atomic E-state index is 0. The Morgan fingerprint density at radius 1 is 0.850 bits per heavy atom. The van der Waals surface area contributed by atoms with Crippen molar-refractivity contribution < 1.29 is 65.7 Å². The third-order valence-corrected chi connectivity index (χ3v) is 1.44. The fraction of sp³-hybridized carbons (Fsp3) is 0.818. The van der Waals surface area contributed by atoms with Crippen LogP contribution in [-0.2, 0) is 38.5 Å². The van der Waals surface area contributed by atoms with Crippen LogP contribution in [-0.4, -0.2) is 59.4 Å². The van der Waals surface area contributed by atoms with E-state index < -0.39 is 36.4 Å². The van der Waals surface area contributed by atoms with Crippen molar-refractivity contribution in [3.63, 3.8) is 0 Å². The SMILES string of the molecule is C.CC(C)OC(=O)[C@H]([O-])[C@@H]([O-])C(=O)OC(C)C.[Br-].[Mg+2].[Zn]. The zero-order valence-corrected chi connectivity index (χ0v) is 17.5. The summed E-state index contributed by atoms with van der Waals surface area (Å²) in [5.74, 6) is -2.45. The first-order valence-corrected chi connectivity index (χ1v) is 4.98. The Labute approximate surface area is 159 Å². The number of ether oxygens (including phenoxy) is 2. The fourth-order valence-electron chi connectivity index (χ4n) is 0.846. The predicted molar refractivity (Wildman–Crippen MR) is 62.5 cm³/mol. The Balaban J connectivity index is -0.000000187. The number of carbonyl (C=O) groups excluding carboxylic acids is 2. The molecule has 0 aromatic rings. The van der Waals surface area contributed by atoms with Crippen molar-refractivity contribution >= 4 is 35.0 Å². The molecular formula is C11H20BrMgO6Zn-. The van der Waals surface area contributed by atoms with Crippen molar-refractivity contribution in [1.82, 2.24) is 0 Å². The van der Waals surface area contributed by atoms with E-state index in [1.165, 1.54) is 27.7 Å². The number of hydrogen-bond donors (Lipinski definition) is 0. The normalized spacial score (nSPS) is 11.8. The summed E-state index contributed by atoms with van der Waals surface area (Å²) in [7, 11) is 0. The molecule has 2 atom stereocenters. The summed E-state index contributed by atoms with van der Waals surface area (Å²) in [6.07, 6.45) is -5.57. The van der Waals surface area contributed by atoms with Gasteiger partial charge in [-0.3, -0.25) is 9.59 Å². The first-order chi connectivity index (χ1) is 7.25. The topological polar surface area (TPSA) is 98.7 Å². The van der Waals surface area contributed by atoms with Gasteiger partial charge in [0.25, 0.3) is 11.9 Å². The van der Waals surface area contributed by atoms with Gasteiger partial charge in [-0.05, 0) is 39.9 Å². The Bertz CT molecular complexity index is 239. The first kappa shape index (κ1) is 32.6. The van der Waals surface area contributed by atoms with Crippen LogP contribution in [0.4, 0.5) is 0 Å². The smallest absolute Gasteiger partial charge is 1.00 e. The summed E-state index contributed by atoms with van der Waals surface area (Å²) >= 11 is 0. The van der Waals surface area contributed by atoms with Crippen LogP contribution in [0.3, 0.4) is 0 Å². The number of esters is 2. The fourth-order valence-corrected chi connectivity index (χ4v) is 0.846. The number of rotatable bonds is 5. The van der Waals surface area contributed by atoms with Crippen molar-refractivity contribution in [1.29, 1.82) is 0 Å². The van der Waals surface area contributed by atoms with Crippen molar-refractivity contribution in [2.45, 2.75) is 59.5 Å². The molecule has 9 heteroatoms. The third-order valence-electron chi connectivity index (χ3n) is 1.44. The van der Waals surface area contributed by atoms with Crippen LogP contribution in [0.5, 0.6) is 0 Å². The van der Waals surface area contributed by atoms with E-state index in [1.807, 2.05) is 0 Å². The van der Waals surface area contributed by atoms with Gasteiger partial charge in [-0.15, -0.1) is 0 Å². The largest absolute Gasteiger partial charge is 2.00 e. The summed E-state index contributed by atoms with van der Waals surface area (Å²) in [4.78, 5) is 22.1. The second kappa shape index (κ2) is 16.1. The molecule has 0 N–H and O–H groups in total. The molecule has 0 aliphatic carbocycles. The molecule has 0 spiro atoms. The molecule has 0 aromatic carbocycles. The van der Waals surface area contributed by atoms with Gasteiger partial charge in [0, 0.05) is 19.5 Å². The summed E-state index contributed by atoms with van der Waals surface area (Å²) < 4.78 is 9.06. The summed E-state index contributed by atoms with van der Waals surface area (Å²) in [6.45, 7) is 6.15. The molecule has 0 unspecified atom stereocenters. The maximum absolute atomic E-state index is 11.2. The zero-order valence-electron chi connectivity index (χ0n) is 11.6. The molecule has 0 rings (SSSR count). The molecule has 0 aliphatic rings. The van der Waals surface area contributed by atoms with Crippen LogP contribution in [0.25, 0.3) is 0 Å². The van der Waals surface area contributed by atoms with E-state index in [0.717, 1.165) is 0 Å². The minimum atomic E-state index is -2.28. The molecule has 0 aromatic heterocycles. The minimum Gasteiger partial charge on any atom is -1.00 e. The van der Waals surface area contributed by atoms with E-state index >= 15 is 0 Å². The number of hydrogen-bond acceptors (Lipinski definition) is 6. The van der Waals surface area contributed by atoms with Crippen LogP contribution in [0, 0.1) is 0 Å². The molecular weight excluding hydrogens is 398 g/mol. The second-order valence-electron chi connectivity index (χ2n) is 3.81. The van der Waals surface area contributed by atoms with E-state index in [-0.39, 0.29) is 66.9 Å². The molecule has 0 saturated heterocycles. The summed E-state index contributed by atoms with van der Waals surface area (Å²) in [5, 5.41) is 22.4. The van der Waals surface area contributed by atoms with Gasteiger partial charge in [-0.1, -0.05) is 7.43 Å². The third kappa shape index (κ3) is 13.7. The van der Waals surface area contributed by atoms with E-state index in [2.05, 4.69) is 9.47 Å². The monoisotopic (exact) mass is 415 g/mol. The Morgan fingerprint density at radius 3 is 1.20 bits per heavy atom. The van der Waals surface area contributed by atoms with Crippen molar-refractivity contribution in [2.24, 2.45) is 0 Å². The predicted octanol–water partition coefficient (Wildman–Crippen LogP) is -4.40. The molecule has 20 heavy (non-hydrogen) atoms. The molecule has 0 heterocycles. The Morgan fingerprint density at radius 2 is 1.05 bits per heavy atom. The van der Waals surface area contributed by atoms with Gasteiger partial charge >= 0.3 is 23.1 Å². The molecule has 0 saturated carbocycles. The summed E-state index contributed by atoms with van der Waals surface area (Å²) in [6, 6.07) is 0. The quantitative estimate of drug-likeness (QED) is 0.331. The van der Waals surface area contributed by atoms with Gasteiger partial charge in [-0.25, -0.2) is 0 Å². The second-order valence-corrected chi connectivity index (χ2v) is 3.81. The molecule has 6 nitrogen and oxygen atoms in total. The van der Waals surface area contributed by atoms with E-state index in [9.17, 15) is 19.8 Å². The van der Waals surface area contributed by atoms with Gasteiger partial charge in [0.1, 0.15) is 0 Å². The zero-order chi connectivity index (χ0) is 12.9. The van der Waals surface area contributed by atoms with Crippen LogP contribution in [0.2, 0.25) is 0 Å². The van der Waals surface area contributed by atoms with Crippen LogP contribution >= 0.6 is 0 Å². The Hall–Kier alpha value is 0.730. The molecule has 0 amide bonds. The molecule has 0 radical (unpaired) electrons. The van der Waals surface area contributed by atoms with Gasteiger partial charge < -0.3 is 36.7 Å². The van der Waals surface area contributed by atoms with Gasteiger partial charge in [0.15, 0.2) is 0 Å². The van der Waals surface area contributed by atoms with Crippen LogP contribution < -0.4 is 27.2 Å². The molecule has 0 bridgehead atoms. The van der Waals surface area contributed by atoms with Gasteiger partial charge in [0.05, 0.1) is 12.2 Å². The van der Waals surface area contributed by atoms with Crippen molar-refractivity contribution in [2.75, 3.05) is 0 Å². The number of carbonyl (C=O) groups is 2. The Kier molecular flexibility index (Phi) is 26.3. The maximum Gasteiger partial charge on any atom is 2.00 e.